The van der Waals surface area contributed by atoms with E-state index in [4.69, 9.17) is 20.9 Å². The highest BCUT2D eigenvalue weighted by Crippen LogP contribution is 1.99. The normalized spacial score (nSPS) is 12.5. The highest BCUT2D eigenvalue weighted by Gasteiger charge is 2.13. The Labute approximate surface area is 84.7 Å². The molecule has 1 atom stereocenters. The second-order valence-electron chi connectivity index (χ2n) is 3.05. The monoisotopic (exact) mass is 204 g/mol. The lowest BCUT2D eigenvalue weighted by Gasteiger charge is -2.10. The molecule has 0 aromatic rings. The van der Waals surface area contributed by atoms with Crippen LogP contribution in [0.1, 0.15) is 19.3 Å². The van der Waals surface area contributed by atoms with Gasteiger partial charge in [0.2, 0.25) is 0 Å². The Morgan fingerprint density at radius 1 is 1.36 bits per heavy atom. The molecule has 0 unspecified atom stereocenters. The summed E-state index contributed by atoms with van der Waals surface area (Å²) in [5, 5.41) is 0. The molecule has 0 spiro atoms. The van der Waals surface area contributed by atoms with Crippen molar-refractivity contribution >= 4 is 5.97 Å². The Hall–Kier alpha value is -0.650. The van der Waals surface area contributed by atoms with Gasteiger partial charge in [0.1, 0.15) is 12.6 Å². The molecule has 0 aliphatic heterocycles. The first kappa shape index (κ1) is 13.4. The Bertz CT molecular complexity index is 153. The van der Waals surface area contributed by atoms with Gasteiger partial charge in [-0.1, -0.05) is 6.42 Å². The van der Waals surface area contributed by atoms with E-state index in [9.17, 15) is 4.79 Å². The maximum absolute atomic E-state index is 11.2. The minimum Gasteiger partial charge on any atom is -0.462 e. The first-order valence-electron chi connectivity index (χ1n) is 4.83. The van der Waals surface area contributed by atoms with Gasteiger partial charge in [-0.2, -0.15) is 0 Å². The van der Waals surface area contributed by atoms with Crippen LogP contribution < -0.4 is 11.5 Å². The van der Waals surface area contributed by atoms with Gasteiger partial charge in [-0.05, 0) is 19.4 Å². The number of hydrogen-bond acceptors (Lipinski definition) is 5. The standard InChI is InChI=1S/C9H20N2O3/c1-13-6-7-14-9(12)8(11)4-2-3-5-10/h8H,2-7,10-11H2,1H3/t8-/m0/s1. The molecule has 0 fully saturated rings. The fourth-order valence-corrected chi connectivity index (χ4v) is 0.959. The Morgan fingerprint density at radius 3 is 2.64 bits per heavy atom. The van der Waals surface area contributed by atoms with E-state index in [0.29, 0.717) is 19.6 Å². The van der Waals surface area contributed by atoms with Gasteiger partial charge < -0.3 is 20.9 Å². The molecular weight excluding hydrogens is 184 g/mol. The van der Waals surface area contributed by atoms with Crippen molar-refractivity contribution in [3.63, 3.8) is 0 Å². The summed E-state index contributed by atoms with van der Waals surface area (Å²) in [7, 11) is 1.55. The highest BCUT2D eigenvalue weighted by molar-refractivity contribution is 5.75. The number of nitrogens with two attached hydrogens (primary N) is 2. The summed E-state index contributed by atoms with van der Waals surface area (Å²) in [5.41, 5.74) is 10.9. The van der Waals surface area contributed by atoms with Gasteiger partial charge in [-0.3, -0.25) is 4.79 Å². The molecule has 0 radical (unpaired) electrons. The van der Waals surface area contributed by atoms with Crippen molar-refractivity contribution in [1.29, 1.82) is 0 Å². The van der Waals surface area contributed by atoms with Crippen molar-refractivity contribution in [1.82, 2.24) is 0 Å². The lowest BCUT2D eigenvalue weighted by atomic mass is 10.1. The second-order valence-corrected chi connectivity index (χ2v) is 3.05. The SMILES string of the molecule is COCCOC(=O)[C@@H](N)CCCCN. The average Bonchev–Trinajstić information content (AvgIpc) is 2.18. The zero-order valence-corrected chi connectivity index (χ0v) is 8.70. The molecule has 5 heteroatoms. The molecule has 0 saturated carbocycles. The van der Waals surface area contributed by atoms with E-state index in [-0.39, 0.29) is 12.6 Å². The van der Waals surface area contributed by atoms with Crippen molar-refractivity contribution in [2.45, 2.75) is 25.3 Å². The van der Waals surface area contributed by atoms with E-state index in [1.807, 2.05) is 0 Å². The van der Waals surface area contributed by atoms with Crippen LogP contribution in [0.3, 0.4) is 0 Å². The third kappa shape index (κ3) is 6.82. The van der Waals surface area contributed by atoms with Crippen LogP contribution in [0.2, 0.25) is 0 Å². The Balaban J connectivity index is 3.44. The smallest absolute Gasteiger partial charge is 0.322 e. The summed E-state index contributed by atoms with van der Waals surface area (Å²) in [4.78, 5) is 11.2. The number of rotatable bonds is 8. The molecule has 0 amide bonds. The van der Waals surface area contributed by atoms with Crippen LogP contribution in [-0.4, -0.2) is 38.9 Å². The molecule has 0 aliphatic rings. The van der Waals surface area contributed by atoms with Gasteiger partial charge in [0.25, 0.3) is 0 Å². The van der Waals surface area contributed by atoms with Crippen molar-refractivity contribution in [3.05, 3.63) is 0 Å². The number of unbranched alkanes of at least 4 members (excludes halogenated alkanes) is 1. The fourth-order valence-electron chi connectivity index (χ4n) is 0.959. The third-order valence-electron chi connectivity index (χ3n) is 1.80. The number of esters is 1. The Kier molecular flexibility index (Phi) is 8.51. The molecule has 0 aromatic heterocycles. The summed E-state index contributed by atoms with van der Waals surface area (Å²) < 4.78 is 9.59. The molecule has 0 aliphatic carbocycles. The van der Waals surface area contributed by atoms with Crippen LogP contribution in [-0.2, 0) is 14.3 Å². The Morgan fingerprint density at radius 2 is 2.07 bits per heavy atom. The zero-order valence-electron chi connectivity index (χ0n) is 8.70. The molecule has 4 N–H and O–H groups in total. The third-order valence-corrected chi connectivity index (χ3v) is 1.80. The lowest BCUT2D eigenvalue weighted by Crippen LogP contribution is -2.33. The fraction of sp³-hybridized carbons (Fsp3) is 0.889. The second kappa shape index (κ2) is 8.93. The van der Waals surface area contributed by atoms with Crippen LogP contribution in [0.15, 0.2) is 0 Å². The molecule has 5 nitrogen and oxygen atoms in total. The van der Waals surface area contributed by atoms with Crippen LogP contribution >= 0.6 is 0 Å². The lowest BCUT2D eigenvalue weighted by molar-refractivity contribution is -0.146. The van der Waals surface area contributed by atoms with Crippen LogP contribution in [0.4, 0.5) is 0 Å². The number of hydrogen-bond donors (Lipinski definition) is 2. The predicted octanol–water partition coefficient (Wildman–Crippen LogP) is -0.368. The largest absolute Gasteiger partial charge is 0.462 e. The minimum absolute atomic E-state index is 0.264. The number of methoxy groups -OCH3 is 1. The van der Waals surface area contributed by atoms with Gasteiger partial charge in [-0.15, -0.1) is 0 Å². The van der Waals surface area contributed by atoms with Crippen molar-refractivity contribution < 1.29 is 14.3 Å². The summed E-state index contributed by atoms with van der Waals surface area (Å²) >= 11 is 0. The van der Waals surface area contributed by atoms with Crippen molar-refractivity contribution in [2.75, 3.05) is 26.9 Å². The van der Waals surface area contributed by atoms with Gasteiger partial charge >= 0.3 is 5.97 Å². The van der Waals surface area contributed by atoms with Crippen LogP contribution in [0, 0.1) is 0 Å². The maximum atomic E-state index is 11.2. The van der Waals surface area contributed by atoms with Gasteiger partial charge in [-0.25, -0.2) is 0 Å². The molecule has 84 valence electrons. The summed E-state index contributed by atoms with van der Waals surface area (Å²) in [6.07, 6.45) is 2.37. The van der Waals surface area contributed by atoms with E-state index in [2.05, 4.69) is 0 Å². The molecule has 0 saturated heterocycles. The summed E-state index contributed by atoms with van der Waals surface area (Å²) in [6.45, 7) is 1.30. The van der Waals surface area contributed by atoms with E-state index < -0.39 is 6.04 Å². The van der Waals surface area contributed by atoms with Gasteiger partial charge in [0.05, 0.1) is 6.61 Å². The quantitative estimate of drug-likeness (QED) is 0.416. The average molecular weight is 204 g/mol. The van der Waals surface area contributed by atoms with Gasteiger partial charge in [0.15, 0.2) is 0 Å². The molecule has 0 aromatic carbocycles. The topological polar surface area (TPSA) is 87.6 Å². The van der Waals surface area contributed by atoms with Gasteiger partial charge in [0, 0.05) is 7.11 Å². The van der Waals surface area contributed by atoms with E-state index in [1.54, 1.807) is 7.11 Å². The maximum Gasteiger partial charge on any atom is 0.322 e. The minimum atomic E-state index is -0.529. The first-order chi connectivity index (χ1) is 6.72. The van der Waals surface area contributed by atoms with E-state index >= 15 is 0 Å². The summed E-state index contributed by atoms with van der Waals surface area (Å²) in [6, 6.07) is -0.529. The van der Waals surface area contributed by atoms with E-state index in [1.165, 1.54) is 0 Å². The highest BCUT2D eigenvalue weighted by atomic mass is 16.6. The number of ether oxygens (including phenoxy) is 2. The first-order valence-corrected chi connectivity index (χ1v) is 4.83. The zero-order chi connectivity index (χ0) is 10.8. The molecular formula is C9H20N2O3. The van der Waals surface area contributed by atoms with Crippen molar-refractivity contribution in [3.8, 4) is 0 Å². The molecule has 0 bridgehead atoms. The molecule has 0 rings (SSSR count). The number of carbonyl (C=O) groups is 1. The van der Waals surface area contributed by atoms with Crippen LogP contribution in [0.25, 0.3) is 0 Å². The molecule has 14 heavy (non-hydrogen) atoms. The summed E-state index contributed by atoms with van der Waals surface area (Å²) in [5.74, 6) is -0.362. The van der Waals surface area contributed by atoms with E-state index in [0.717, 1.165) is 12.8 Å². The predicted molar refractivity (Wildman–Crippen MR) is 53.7 cm³/mol. The van der Waals surface area contributed by atoms with Crippen molar-refractivity contribution in [2.24, 2.45) is 11.5 Å². The molecule has 0 heterocycles. The number of carbonyl (C=O) groups excluding carboxylic acids is 1. The van der Waals surface area contributed by atoms with Crippen LogP contribution in [0.5, 0.6) is 0 Å².